The van der Waals surface area contributed by atoms with E-state index in [0.29, 0.717) is 11.3 Å². The molecule has 20 heavy (non-hydrogen) atoms. The van der Waals surface area contributed by atoms with E-state index in [1.807, 2.05) is 30.5 Å². The summed E-state index contributed by atoms with van der Waals surface area (Å²) in [5.74, 6) is 0.215. The smallest absolute Gasteiger partial charge is 0.258 e. The molecule has 1 unspecified atom stereocenters. The number of amides is 1. The van der Waals surface area contributed by atoms with Crippen molar-refractivity contribution in [2.24, 2.45) is 0 Å². The molecule has 1 aromatic heterocycles. The fraction of sp³-hybridized carbons (Fsp3) is 0.200. The number of carbonyl (C=O) groups excluding carboxylic acids is 1. The van der Waals surface area contributed by atoms with Crippen molar-refractivity contribution in [1.82, 2.24) is 5.32 Å². The maximum atomic E-state index is 11.8. The standard InChI is InChI=1S/C15H14N2O2S/c1-11(14-7-4-8-20-14)17-15(18)10-19-13-6-3-2-5-12(13)9-16/h2-8,11H,10H2,1H3,(H,17,18). The van der Waals surface area contributed by atoms with Gasteiger partial charge < -0.3 is 10.1 Å². The minimum atomic E-state index is -0.210. The molecule has 102 valence electrons. The summed E-state index contributed by atoms with van der Waals surface area (Å²) in [6.45, 7) is 1.82. The van der Waals surface area contributed by atoms with Gasteiger partial charge in [-0.2, -0.15) is 5.26 Å². The van der Waals surface area contributed by atoms with E-state index in [0.717, 1.165) is 4.88 Å². The van der Waals surface area contributed by atoms with E-state index < -0.39 is 0 Å². The van der Waals surface area contributed by atoms with Crippen molar-refractivity contribution >= 4 is 17.2 Å². The topological polar surface area (TPSA) is 62.1 Å². The summed E-state index contributed by atoms with van der Waals surface area (Å²) < 4.78 is 5.38. The normalized spacial score (nSPS) is 11.4. The van der Waals surface area contributed by atoms with E-state index in [2.05, 4.69) is 5.32 Å². The molecular formula is C15H14N2O2S. The molecule has 1 heterocycles. The predicted molar refractivity (Wildman–Crippen MR) is 77.5 cm³/mol. The summed E-state index contributed by atoms with van der Waals surface area (Å²) in [5, 5.41) is 13.7. The van der Waals surface area contributed by atoms with Crippen LogP contribution in [0.3, 0.4) is 0 Å². The van der Waals surface area contributed by atoms with Crippen molar-refractivity contribution in [2.45, 2.75) is 13.0 Å². The minimum absolute atomic E-state index is 0.0442. The molecule has 0 fully saturated rings. The van der Waals surface area contributed by atoms with Crippen molar-refractivity contribution in [3.63, 3.8) is 0 Å². The largest absolute Gasteiger partial charge is 0.482 e. The van der Waals surface area contributed by atoms with Gasteiger partial charge in [-0.25, -0.2) is 0 Å². The summed E-state index contributed by atoms with van der Waals surface area (Å²) in [4.78, 5) is 12.9. The van der Waals surface area contributed by atoms with Gasteiger partial charge in [0.05, 0.1) is 11.6 Å². The molecule has 1 aromatic carbocycles. The number of thiophene rings is 1. The minimum Gasteiger partial charge on any atom is -0.482 e. The maximum absolute atomic E-state index is 11.8. The lowest BCUT2D eigenvalue weighted by atomic mass is 10.2. The second kappa shape index (κ2) is 6.73. The molecule has 1 atom stereocenters. The van der Waals surface area contributed by atoms with Crippen LogP contribution in [-0.2, 0) is 4.79 Å². The number of carbonyl (C=O) groups is 1. The van der Waals surface area contributed by atoms with Crippen molar-refractivity contribution in [2.75, 3.05) is 6.61 Å². The van der Waals surface area contributed by atoms with Crippen molar-refractivity contribution in [1.29, 1.82) is 5.26 Å². The van der Waals surface area contributed by atoms with Gasteiger partial charge in [0.2, 0.25) is 0 Å². The second-order valence-electron chi connectivity index (χ2n) is 4.20. The molecule has 2 rings (SSSR count). The van der Waals surface area contributed by atoms with Crippen LogP contribution in [0.25, 0.3) is 0 Å². The van der Waals surface area contributed by atoms with Crippen LogP contribution in [0, 0.1) is 11.3 Å². The number of benzene rings is 1. The Kier molecular flexibility index (Phi) is 4.75. The summed E-state index contributed by atoms with van der Waals surface area (Å²) in [7, 11) is 0. The summed E-state index contributed by atoms with van der Waals surface area (Å²) >= 11 is 1.59. The number of nitrogens with one attached hydrogen (secondary N) is 1. The second-order valence-corrected chi connectivity index (χ2v) is 5.18. The van der Waals surface area contributed by atoms with E-state index >= 15 is 0 Å². The van der Waals surface area contributed by atoms with Crippen LogP contribution in [0.1, 0.15) is 23.4 Å². The highest BCUT2D eigenvalue weighted by atomic mass is 32.1. The van der Waals surface area contributed by atoms with Gasteiger partial charge in [-0.1, -0.05) is 18.2 Å². The quantitative estimate of drug-likeness (QED) is 0.919. The molecule has 2 aromatic rings. The Hall–Kier alpha value is -2.32. The third-order valence-corrected chi connectivity index (χ3v) is 3.77. The third kappa shape index (κ3) is 3.59. The molecule has 0 aliphatic rings. The molecule has 0 radical (unpaired) electrons. The number of nitrogens with zero attached hydrogens (tertiary/aromatic N) is 1. The van der Waals surface area contributed by atoms with Gasteiger partial charge in [-0.3, -0.25) is 4.79 Å². The van der Waals surface area contributed by atoms with Crippen LogP contribution < -0.4 is 10.1 Å². The summed E-state index contributed by atoms with van der Waals surface area (Å²) in [5.41, 5.74) is 0.423. The molecule has 5 heteroatoms. The molecule has 1 N–H and O–H groups in total. The first-order valence-electron chi connectivity index (χ1n) is 6.15. The van der Waals surface area contributed by atoms with Crippen LogP contribution in [0.15, 0.2) is 41.8 Å². The lowest BCUT2D eigenvalue weighted by molar-refractivity contribution is -0.123. The van der Waals surface area contributed by atoms with Gasteiger partial charge in [0.25, 0.3) is 5.91 Å². The zero-order valence-corrected chi connectivity index (χ0v) is 11.8. The van der Waals surface area contributed by atoms with Crippen molar-refractivity contribution in [3.05, 3.63) is 52.2 Å². The van der Waals surface area contributed by atoms with E-state index in [1.54, 1.807) is 35.6 Å². The average Bonchev–Trinajstić information content (AvgIpc) is 2.99. The number of hydrogen-bond donors (Lipinski definition) is 1. The SMILES string of the molecule is CC(NC(=O)COc1ccccc1C#N)c1cccs1. The molecule has 0 spiro atoms. The number of ether oxygens (including phenoxy) is 1. The number of para-hydroxylation sites is 1. The fourth-order valence-electron chi connectivity index (χ4n) is 1.72. The van der Waals surface area contributed by atoms with Gasteiger partial charge in [0, 0.05) is 4.88 Å². The molecule has 0 saturated heterocycles. The highest BCUT2D eigenvalue weighted by Crippen LogP contribution is 2.18. The summed E-state index contributed by atoms with van der Waals surface area (Å²) in [6, 6.07) is 12.8. The highest BCUT2D eigenvalue weighted by Gasteiger charge is 2.11. The Bertz CT molecular complexity index is 617. The molecule has 0 saturated carbocycles. The van der Waals surface area contributed by atoms with E-state index in [9.17, 15) is 4.79 Å². The Morgan fingerprint density at radius 3 is 2.90 bits per heavy atom. The van der Waals surface area contributed by atoms with Gasteiger partial charge in [0.1, 0.15) is 11.8 Å². The fourth-order valence-corrected chi connectivity index (χ4v) is 2.45. The molecule has 0 bridgehead atoms. The van der Waals surface area contributed by atoms with E-state index in [4.69, 9.17) is 10.00 Å². The van der Waals surface area contributed by atoms with Crippen LogP contribution in [0.4, 0.5) is 0 Å². The van der Waals surface area contributed by atoms with E-state index in [1.165, 1.54) is 0 Å². The predicted octanol–water partition coefficient (Wildman–Crippen LogP) is 2.88. The van der Waals surface area contributed by atoms with E-state index in [-0.39, 0.29) is 18.6 Å². The molecule has 0 aliphatic heterocycles. The first kappa shape index (κ1) is 14.1. The third-order valence-electron chi connectivity index (χ3n) is 2.71. The monoisotopic (exact) mass is 286 g/mol. The average molecular weight is 286 g/mol. The lowest BCUT2D eigenvalue weighted by Crippen LogP contribution is -2.31. The Morgan fingerprint density at radius 1 is 1.40 bits per heavy atom. The van der Waals surface area contributed by atoms with Crippen molar-refractivity contribution < 1.29 is 9.53 Å². The lowest BCUT2D eigenvalue weighted by Gasteiger charge is -2.13. The van der Waals surface area contributed by atoms with Crippen molar-refractivity contribution in [3.8, 4) is 11.8 Å². The van der Waals surface area contributed by atoms with Gasteiger partial charge in [0.15, 0.2) is 6.61 Å². The molecule has 4 nitrogen and oxygen atoms in total. The van der Waals surface area contributed by atoms with Gasteiger partial charge >= 0.3 is 0 Å². The number of hydrogen-bond acceptors (Lipinski definition) is 4. The van der Waals surface area contributed by atoms with Crippen LogP contribution in [-0.4, -0.2) is 12.5 Å². The molecule has 1 amide bonds. The zero-order chi connectivity index (χ0) is 14.4. The Labute approximate surface area is 121 Å². The number of nitriles is 1. The van der Waals surface area contributed by atoms with Crippen LogP contribution in [0.2, 0.25) is 0 Å². The molecule has 0 aliphatic carbocycles. The Balaban J connectivity index is 1.88. The highest BCUT2D eigenvalue weighted by molar-refractivity contribution is 7.10. The first-order chi connectivity index (χ1) is 9.70. The van der Waals surface area contributed by atoms with Crippen LogP contribution >= 0.6 is 11.3 Å². The first-order valence-corrected chi connectivity index (χ1v) is 7.03. The summed E-state index contributed by atoms with van der Waals surface area (Å²) in [6.07, 6.45) is 0. The Morgan fingerprint density at radius 2 is 2.20 bits per heavy atom. The number of rotatable bonds is 5. The van der Waals surface area contributed by atoms with Crippen LogP contribution in [0.5, 0.6) is 5.75 Å². The van der Waals surface area contributed by atoms with Gasteiger partial charge in [-0.15, -0.1) is 11.3 Å². The maximum Gasteiger partial charge on any atom is 0.258 e. The van der Waals surface area contributed by atoms with Gasteiger partial charge in [-0.05, 0) is 30.5 Å². The zero-order valence-electron chi connectivity index (χ0n) is 11.0. The molecular weight excluding hydrogens is 272 g/mol.